The molecule has 1 aliphatic rings. The zero-order chi connectivity index (χ0) is 49.5. The molecule has 3 amide bonds. The van der Waals surface area contributed by atoms with Crippen molar-refractivity contribution in [3.63, 3.8) is 0 Å². The van der Waals surface area contributed by atoms with Crippen LogP contribution in [0.1, 0.15) is 157 Å². The number of ether oxygens (including phenoxy) is 9. The molecular formula is C54H81N3O12. The summed E-state index contributed by atoms with van der Waals surface area (Å²) in [5.41, 5.74) is 0. The fourth-order valence-electron chi connectivity index (χ4n) is 7.15. The van der Waals surface area contributed by atoms with E-state index >= 15 is 0 Å². The monoisotopic (exact) mass is 964 g/mol. The van der Waals surface area contributed by atoms with Crippen LogP contribution in [-0.2, 0) is 0 Å². The van der Waals surface area contributed by atoms with Crippen LogP contribution in [0.3, 0.4) is 0 Å². The van der Waals surface area contributed by atoms with Gasteiger partial charge in [0.15, 0.2) is 34.5 Å². The van der Waals surface area contributed by atoms with Crippen molar-refractivity contribution in [3.05, 3.63) is 54.6 Å². The molecule has 1 aliphatic heterocycles. The zero-order valence-electron chi connectivity index (χ0n) is 42.5. The second-order valence-corrected chi connectivity index (χ2v) is 17.3. The van der Waals surface area contributed by atoms with E-state index in [1.54, 1.807) is 54.6 Å². The average Bonchev–Trinajstić information content (AvgIpc) is 3.36. The molecule has 0 atom stereocenters. The summed E-state index contributed by atoms with van der Waals surface area (Å²) in [4.78, 5) is 45.9. The van der Waals surface area contributed by atoms with Crippen LogP contribution in [0.5, 0.6) is 51.7 Å². The van der Waals surface area contributed by atoms with Crippen LogP contribution in [0.4, 0.5) is 14.4 Å². The Hall–Kier alpha value is -5.73. The van der Waals surface area contributed by atoms with Gasteiger partial charge in [-0.25, -0.2) is 14.4 Å². The molecule has 4 rings (SSSR count). The molecule has 0 aliphatic carbocycles. The first-order valence-electron chi connectivity index (χ1n) is 25.8. The van der Waals surface area contributed by atoms with Gasteiger partial charge in [-0.05, 0) is 74.9 Å². The molecule has 0 aromatic heterocycles. The summed E-state index contributed by atoms with van der Waals surface area (Å²) >= 11 is 0. The first-order valence-corrected chi connectivity index (χ1v) is 25.8. The Balaban J connectivity index is 1.59. The van der Waals surface area contributed by atoms with Crippen molar-refractivity contribution in [1.82, 2.24) is 14.7 Å². The number of rotatable bonds is 33. The van der Waals surface area contributed by atoms with Crippen LogP contribution in [0, 0.1) is 0 Å². The molecule has 0 spiro atoms. The maximum atomic E-state index is 14.1. The van der Waals surface area contributed by atoms with Crippen LogP contribution in [0.15, 0.2) is 54.6 Å². The topological polar surface area (TPSA) is 144 Å². The van der Waals surface area contributed by atoms with Crippen LogP contribution >= 0.6 is 0 Å². The highest BCUT2D eigenvalue weighted by Gasteiger charge is 2.35. The largest absolute Gasteiger partial charge is 0.490 e. The van der Waals surface area contributed by atoms with Gasteiger partial charge in [0.2, 0.25) is 0 Å². The number of carbonyl (C=O) groups is 3. The van der Waals surface area contributed by atoms with Crippen LogP contribution in [-0.4, -0.2) is 92.6 Å². The predicted octanol–water partition coefficient (Wildman–Crippen LogP) is 13.8. The number of hydrogen-bond donors (Lipinski definition) is 0. The molecule has 384 valence electrons. The van der Waals surface area contributed by atoms with E-state index in [1.807, 2.05) is 0 Å². The number of hydrogen-bond acceptors (Lipinski definition) is 12. The minimum absolute atomic E-state index is 0.201. The third kappa shape index (κ3) is 20.4. The smallest absolute Gasteiger partial charge is 0.418 e. The highest BCUT2D eigenvalue weighted by molar-refractivity contribution is 5.77. The van der Waals surface area contributed by atoms with Crippen molar-refractivity contribution in [1.29, 1.82) is 0 Å². The van der Waals surface area contributed by atoms with Crippen LogP contribution in [0.25, 0.3) is 0 Å². The van der Waals surface area contributed by atoms with Gasteiger partial charge in [0.1, 0.15) is 37.3 Å². The highest BCUT2D eigenvalue weighted by atomic mass is 16.6. The molecule has 0 saturated carbocycles. The molecule has 69 heavy (non-hydrogen) atoms. The number of amides is 3. The van der Waals surface area contributed by atoms with Gasteiger partial charge in [-0.1, -0.05) is 119 Å². The molecule has 0 N–H and O–H groups in total. The molecular weight excluding hydrogens is 883 g/mol. The standard InChI is InChI=1S/C54H81N3O12/c1-7-13-19-31-61-46-28-25-43(37-49(46)64-34-22-16-10-4)67-52(58)55-40-56(53(59)68-44-26-29-47(62-32-20-14-8-2)50(38-44)65-35-23-17-11-5)42-57(41-55)54(60)69-45-27-30-48(63-33-21-15-9-3)51(39-45)66-36-24-18-12-6/h25-30,37-39H,7-24,31-36,40-42H2,1-6H3. The molecule has 0 unspecified atom stereocenters. The van der Waals surface area contributed by atoms with Gasteiger partial charge in [0.25, 0.3) is 0 Å². The normalized spacial score (nSPS) is 12.3. The number of nitrogens with zero attached hydrogens (tertiary/aromatic N) is 3. The summed E-state index contributed by atoms with van der Waals surface area (Å²) in [6.07, 6.45) is 15.2. The fraction of sp³-hybridized carbons (Fsp3) is 0.611. The van der Waals surface area contributed by atoms with Crippen molar-refractivity contribution >= 4 is 18.3 Å². The summed E-state index contributed by atoms with van der Waals surface area (Å²) in [6.45, 7) is 15.0. The Morgan fingerprint density at radius 1 is 0.333 bits per heavy atom. The highest BCUT2D eigenvalue weighted by Crippen LogP contribution is 2.35. The summed E-state index contributed by atoms with van der Waals surface area (Å²) in [7, 11) is 0. The Kier molecular flexibility index (Phi) is 26.7. The van der Waals surface area contributed by atoms with Crippen LogP contribution in [0.2, 0.25) is 0 Å². The molecule has 3 aromatic rings. The van der Waals surface area contributed by atoms with E-state index in [0.717, 1.165) is 116 Å². The second-order valence-electron chi connectivity index (χ2n) is 17.3. The van der Waals surface area contributed by atoms with Crippen molar-refractivity contribution in [3.8, 4) is 51.7 Å². The van der Waals surface area contributed by atoms with Crippen molar-refractivity contribution < 1.29 is 57.0 Å². The third-order valence-corrected chi connectivity index (χ3v) is 11.2. The lowest BCUT2D eigenvalue weighted by molar-refractivity contribution is 0.00253. The number of unbranched alkanes of at least 4 members (excludes halogenated alkanes) is 12. The van der Waals surface area contributed by atoms with Crippen molar-refractivity contribution in [2.45, 2.75) is 157 Å². The van der Waals surface area contributed by atoms with Crippen LogP contribution < -0.4 is 42.6 Å². The zero-order valence-corrected chi connectivity index (χ0v) is 42.5. The minimum atomic E-state index is -0.821. The fourth-order valence-corrected chi connectivity index (χ4v) is 7.15. The van der Waals surface area contributed by atoms with Crippen molar-refractivity contribution in [2.75, 3.05) is 59.6 Å². The lowest BCUT2D eigenvalue weighted by atomic mass is 10.2. The van der Waals surface area contributed by atoms with Crippen molar-refractivity contribution in [2.24, 2.45) is 0 Å². The minimum Gasteiger partial charge on any atom is -0.490 e. The van der Waals surface area contributed by atoms with Gasteiger partial charge in [0.05, 0.1) is 39.6 Å². The average molecular weight is 964 g/mol. The Morgan fingerprint density at radius 2 is 0.551 bits per heavy atom. The molecule has 0 bridgehead atoms. The quantitative estimate of drug-likeness (QED) is 0.0536. The Labute approximate surface area is 411 Å². The number of benzene rings is 3. The number of carbonyl (C=O) groups excluding carboxylic acids is 3. The molecule has 1 saturated heterocycles. The van der Waals surface area contributed by atoms with E-state index < -0.39 is 18.3 Å². The van der Waals surface area contributed by atoms with Gasteiger partial charge < -0.3 is 42.6 Å². The maximum Gasteiger partial charge on any atom is 0.418 e. The first-order chi connectivity index (χ1) is 33.7. The van der Waals surface area contributed by atoms with Gasteiger partial charge >= 0.3 is 18.3 Å². The van der Waals surface area contributed by atoms with Gasteiger partial charge in [-0.2, -0.15) is 0 Å². The molecule has 15 nitrogen and oxygen atoms in total. The Bertz CT molecular complexity index is 1720. The summed E-state index contributed by atoms with van der Waals surface area (Å²) < 4.78 is 54.3. The Morgan fingerprint density at radius 3 is 0.768 bits per heavy atom. The molecule has 1 heterocycles. The van der Waals surface area contributed by atoms with E-state index in [9.17, 15) is 14.4 Å². The predicted molar refractivity (Wildman–Crippen MR) is 268 cm³/mol. The summed E-state index contributed by atoms with van der Waals surface area (Å²) in [5, 5.41) is 0. The lowest BCUT2D eigenvalue weighted by Crippen LogP contribution is -2.60. The molecule has 15 heteroatoms. The summed E-state index contributed by atoms with van der Waals surface area (Å²) in [5.74, 6) is 3.64. The molecule has 3 aromatic carbocycles. The maximum absolute atomic E-state index is 14.1. The summed E-state index contributed by atoms with van der Waals surface area (Å²) in [6, 6.07) is 14.9. The van der Waals surface area contributed by atoms with E-state index in [0.29, 0.717) is 74.1 Å². The SMILES string of the molecule is CCCCCOc1ccc(OC(=O)N2CN(C(=O)Oc3ccc(OCCCCC)c(OCCCCC)c3)CN(C(=O)Oc3ccc(OCCCCC)c(OCCCCC)c3)C2)cc1OCCCCC. The van der Waals surface area contributed by atoms with E-state index in [-0.39, 0.29) is 37.3 Å². The molecule has 0 radical (unpaired) electrons. The van der Waals surface area contributed by atoms with Gasteiger partial charge in [-0.3, -0.25) is 14.7 Å². The van der Waals surface area contributed by atoms with E-state index in [2.05, 4.69) is 41.5 Å². The second kappa shape index (κ2) is 32.9. The molecule has 1 fully saturated rings. The van der Waals surface area contributed by atoms with E-state index in [4.69, 9.17) is 42.6 Å². The van der Waals surface area contributed by atoms with Gasteiger partial charge in [0, 0.05) is 18.2 Å². The van der Waals surface area contributed by atoms with E-state index in [1.165, 1.54) is 14.7 Å². The lowest BCUT2D eigenvalue weighted by Gasteiger charge is -2.40. The first kappa shape index (κ1) is 55.9. The third-order valence-electron chi connectivity index (χ3n) is 11.2. The van der Waals surface area contributed by atoms with Gasteiger partial charge in [-0.15, -0.1) is 0 Å².